The van der Waals surface area contributed by atoms with Gasteiger partial charge in [-0.25, -0.2) is 0 Å². The molecule has 1 aliphatic rings. The van der Waals surface area contributed by atoms with Gasteiger partial charge in [0.25, 0.3) is 0 Å². The summed E-state index contributed by atoms with van der Waals surface area (Å²) in [5, 5.41) is 13.2. The lowest BCUT2D eigenvalue weighted by Gasteiger charge is -2.41. The Labute approximate surface area is 110 Å². The Bertz CT molecular complexity index is 441. The SMILES string of the molecule is CC(C)N1C(=O)CCC(C(=O)O)C1c1ccsc1. The van der Waals surface area contributed by atoms with Crippen LogP contribution >= 0.6 is 11.3 Å². The molecule has 1 saturated heterocycles. The number of carboxylic acids is 1. The fourth-order valence-electron chi connectivity index (χ4n) is 2.62. The minimum atomic E-state index is -0.815. The summed E-state index contributed by atoms with van der Waals surface area (Å²) in [5.41, 5.74) is 0.939. The summed E-state index contributed by atoms with van der Waals surface area (Å²) in [6.07, 6.45) is 0.758. The van der Waals surface area contributed by atoms with Crippen molar-refractivity contribution < 1.29 is 14.7 Å². The standard InChI is InChI=1S/C13H17NO3S/c1-8(2)14-11(15)4-3-10(13(16)17)12(14)9-5-6-18-7-9/h5-8,10,12H,3-4H2,1-2H3,(H,16,17). The number of nitrogens with zero attached hydrogens (tertiary/aromatic N) is 1. The first-order chi connectivity index (χ1) is 8.52. The summed E-state index contributed by atoms with van der Waals surface area (Å²) in [7, 11) is 0. The zero-order valence-corrected chi connectivity index (χ0v) is 11.3. The van der Waals surface area contributed by atoms with Crippen molar-refractivity contribution in [1.82, 2.24) is 4.90 Å². The Morgan fingerprint density at radius 1 is 1.56 bits per heavy atom. The number of rotatable bonds is 3. The van der Waals surface area contributed by atoms with E-state index >= 15 is 0 Å². The third-order valence-electron chi connectivity index (χ3n) is 3.40. The van der Waals surface area contributed by atoms with Crippen LogP contribution in [-0.4, -0.2) is 27.9 Å². The lowest BCUT2D eigenvalue weighted by Crippen LogP contribution is -2.48. The highest BCUT2D eigenvalue weighted by molar-refractivity contribution is 7.08. The molecule has 0 radical (unpaired) electrons. The first-order valence-electron chi connectivity index (χ1n) is 6.08. The van der Waals surface area contributed by atoms with E-state index in [0.717, 1.165) is 5.56 Å². The molecule has 0 spiro atoms. The van der Waals surface area contributed by atoms with Crippen LogP contribution in [-0.2, 0) is 9.59 Å². The second-order valence-electron chi connectivity index (χ2n) is 4.88. The third-order valence-corrected chi connectivity index (χ3v) is 4.10. The van der Waals surface area contributed by atoms with E-state index in [1.54, 1.807) is 4.90 Å². The van der Waals surface area contributed by atoms with Crippen LogP contribution in [0, 0.1) is 5.92 Å². The maximum Gasteiger partial charge on any atom is 0.308 e. The molecule has 98 valence electrons. The van der Waals surface area contributed by atoms with Gasteiger partial charge in [-0.15, -0.1) is 0 Å². The van der Waals surface area contributed by atoms with Crippen LogP contribution in [0.25, 0.3) is 0 Å². The number of aliphatic carboxylic acids is 1. The molecule has 1 aromatic rings. The summed E-state index contributed by atoms with van der Waals surface area (Å²) < 4.78 is 0. The van der Waals surface area contributed by atoms with E-state index in [-0.39, 0.29) is 18.0 Å². The van der Waals surface area contributed by atoms with Crippen molar-refractivity contribution in [2.75, 3.05) is 0 Å². The fraction of sp³-hybridized carbons (Fsp3) is 0.538. The highest BCUT2D eigenvalue weighted by atomic mass is 32.1. The van der Waals surface area contributed by atoms with Crippen molar-refractivity contribution >= 4 is 23.2 Å². The van der Waals surface area contributed by atoms with Crippen molar-refractivity contribution in [3.05, 3.63) is 22.4 Å². The number of piperidine rings is 1. The number of carbonyl (C=O) groups excluding carboxylic acids is 1. The quantitative estimate of drug-likeness (QED) is 0.915. The maximum atomic E-state index is 12.0. The van der Waals surface area contributed by atoms with E-state index in [4.69, 9.17) is 0 Å². The largest absolute Gasteiger partial charge is 0.481 e. The van der Waals surface area contributed by atoms with Gasteiger partial charge in [-0.2, -0.15) is 11.3 Å². The Hall–Kier alpha value is -1.36. The average Bonchev–Trinajstić information content (AvgIpc) is 2.80. The zero-order valence-electron chi connectivity index (χ0n) is 10.5. The van der Waals surface area contributed by atoms with Crippen molar-refractivity contribution in [2.45, 2.75) is 38.8 Å². The second-order valence-corrected chi connectivity index (χ2v) is 5.66. The minimum Gasteiger partial charge on any atom is -0.481 e. The molecule has 1 aliphatic heterocycles. The number of hydrogen-bond donors (Lipinski definition) is 1. The molecule has 0 saturated carbocycles. The smallest absolute Gasteiger partial charge is 0.308 e. The maximum absolute atomic E-state index is 12.0. The number of carboxylic acid groups (broad SMARTS) is 1. The van der Waals surface area contributed by atoms with Crippen LogP contribution in [0.5, 0.6) is 0 Å². The Balaban J connectivity index is 2.41. The molecular weight excluding hydrogens is 250 g/mol. The second kappa shape index (κ2) is 5.10. The van der Waals surface area contributed by atoms with Gasteiger partial charge in [-0.05, 0) is 42.7 Å². The number of amides is 1. The minimum absolute atomic E-state index is 0.0181. The molecular formula is C13H17NO3S. The van der Waals surface area contributed by atoms with Crippen molar-refractivity contribution in [3.8, 4) is 0 Å². The molecule has 1 aromatic heterocycles. The first kappa shape index (κ1) is 13.1. The Kier molecular flexibility index (Phi) is 3.71. The van der Waals surface area contributed by atoms with Gasteiger partial charge in [-0.1, -0.05) is 0 Å². The van der Waals surface area contributed by atoms with E-state index in [1.807, 2.05) is 30.7 Å². The number of thiophene rings is 1. The van der Waals surface area contributed by atoms with Gasteiger partial charge in [0.2, 0.25) is 5.91 Å². The summed E-state index contributed by atoms with van der Waals surface area (Å²) in [4.78, 5) is 25.2. The summed E-state index contributed by atoms with van der Waals surface area (Å²) >= 11 is 1.53. The molecule has 1 amide bonds. The van der Waals surface area contributed by atoms with Crippen LogP contribution in [0.3, 0.4) is 0 Å². The molecule has 2 heterocycles. The zero-order chi connectivity index (χ0) is 13.3. The molecule has 5 heteroatoms. The normalized spacial score (nSPS) is 24.6. The Morgan fingerprint density at radius 3 is 2.78 bits per heavy atom. The van der Waals surface area contributed by atoms with Crippen LogP contribution in [0.1, 0.15) is 38.3 Å². The number of hydrogen-bond acceptors (Lipinski definition) is 3. The van der Waals surface area contributed by atoms with Gasteiger partial charge >= 0.3 is 5.97 Å². The highest BCUT2D eigenvalue weighted by Gasteiger charge is 2.41. The van der Waals surface area contributed by atoms with E-state index in [0.29, 0.717) is 12.8 Å². The van der Waals surface area contributed by atoms with Gasteiger partial charge in [0.05, 0.1) is 12.0 Å². The van der Waals surface area contributed by atoms with Gasteiger partial charge in [0.1, 0.15) is 0 Å². The van der Waals surface area contributed by atoms with Crippen LogP contribution in [0.15, 0.2) is 16.8 Å². The van der Waals surface area contributed by atoms with Gasteiger partial charge in [0, 0.05) is 12.5 Å². The molecule has 2 atom stereocenters. The van der Waals surface area contributed by atoms with Crippen LogP contribution < -0.4 is 0 Å². The molecule has 18 heavy (non-hydrogen) atoms. The molecule has 2 unspecified atom stereocenters. The van der Waals surface area contributed by atoms with E-state index in [2.05, 4.69) is 0 Å². The highest BCUT2D eigenvalue weighted by Crippen LogP contribution is 2.38. The average molecular weight is 267 g/mol. The fourth-order valence-corrected chi connectivity index (χ4v) is 3.31. The molecule has 4 nitrogen and oxygen atoms in total. The predicted octanol–water partition coefficient (Wildman–Crippen LogP) is 2.52. The van der Waals surface area contributed by atoms with Gasteiger partial charge < -0.3 is 10.0 Å². The van der Waals surface area contributed by atoms with Crippen molar-refractivity contribution in [3.63, 3.8) is 0 Å². The van der Waals surface area contributed by atoms with E-state index in [9.17, 15) is 14.7 Å². The van der Waals surface area contributed by atoms with E-state index in [1.165, 1.54) is 11.3 Å². The molecule has 0 bridgehead atoms. The predicted molar refractivity (Wildman–Crippen MR) is 69.4 cm³/mol. The third kappa shape index (κ3) is 2.27. The van der Waals surface area contributed by atoms with Crippen molar-refractivity contribution in [2.24, 2.45) is 5.92 Å². The first-order valence-corrected chi connectivity index (χ1v) is 7.02. The number of likely N-dealkylation sites (tertiary alicyclic amines) is 1. The van der Waals surface area contributed by atoms with Gasteiger partial charge in [0.15, 0.2) is 0 Å². The van der Waals surface area contributed by atoms with Crippen molar-refractivity contribution in [1.29, 1.82) is 0 Å². The monoisotopic (exact) mass is 267 g/mol. The Morgan fingerprint density at radius 2 is 2.28 bits per heavy atom. The van der Waals surface area contributed by atoms with Crippen LogP contribution in [0.2, 0.25) is 0 Å². The van der Waals surface area contributed by atoms with Gasteiger partial charge in [-0.3, -0.25) is 9.59 Å². The number of carbonyl (C=O) groups is 2. The topological polar surface area (TPSA) is 57.6 Å². The molecule has 1 N–H and O–H groups in total. The summed E-state index contributed by atoms with van der Waals surface area (Å²) in [6.45, 7) is 3.86. The molecule has 2 rings (SSSR count). The lowest BCUT2D eigenvalue weighted by molar-refractivity contribution is -0.153. The lowest BCUT2D eigenvalue weighted by atomic mass is 9.84. The summed E-state index contributed by atoms with van der Waals surface area (Å²) in [5.74, 6) is -1.26. The van der Waals surface area contributed by atoms with E-state index < -0.39 is 11.9 Å². The molecule has 0 aromatic carbocycles. The van der Waals surface area contributed by atoms with Crippen LogP contribution in [0.4, 0.5) is 0 Å². The molecule has 0 aliphatic carbocycles. The summed E-state index contributed by atoms with van der Waals surface area (Å²) in [6, 6.07) is 1.61. The molecule has 1 fully saturated rings.